The van der Waals surface area contributed by atoms with E-state index in [9.17, 15) is 4.79 Å². The molecule has 0 saturated carbocycles. The van der Waals surface area contributed by atoms with Gasteiger partial charge in [0.1, 0.15) is 4.87 Å². The average Bonchev–Trinajstić information content (AvgIpc) is 2.35. The van der Waals surface area contributed by atoms with Crippen LogP contribution < -0.4 is 0 Å². The molecule has 0 radical (unpaired) electrons. The van der Waals surface area contributed by atoms with Crippen molar-refractivity contribution in [2.75, 3.05) is 0 Å². The lowest BCUT2D eigenvalue weighted by molar-refractivity contribution is -0.111. The van der Waals surface area contributed by atoms with Gasteiger partial charge in [-0.05, 0) is 57.8 Å². The van der Waals surface area contributed by atoms with Gasteiger partial charge in [-0.1, -0.05) is 30.0 Å². The number of carbonyl (C=O) groups is 1. The van der Waals surface area contributed by atoms with Crippen molar-refractivity contribution in [1.82, 2.24) is 0 Å². The maximum absolute atomic E-state index is 11.0. The van der Waals surface area contributed by atoms with E-state index in [1.54, 1.807) is 11.8 Å². The fraction of sp³-hybridized carbons (Fsp3) is 0.533. The van der Waals surface area contributed by atoms with Crippen molar-refractivity contribution in [3.05, 3.63) is 30.3 Å². The summed E-state index contributed by atoms with van der Waals surface area (Å²) in [6.07, 6.45) is 0.857. The molecule has 1 unspecified atom stereocenters. The zero-order valence-corrected chi connectivity index (χ0v) is 14.0. The van der Waals surface area contributed by atoms with Gasteiger partial charge in [0, 0.05) is 11.3 Å². The Bertz CT molecular complexity index is 471. The maximum atomic E-state index is 11.0. The molecule has 0 aliphatic heterocycles. The van der Waals surface area contributed by atoms with Gasteiger partial charge in [0.05, 0.1) is 5.54 Å². The molecule has 0 N–H and O–H groups in total. The number of thioether (sulfide) groups is 1. The van der Waals surface area contributed by atoms with Gasteiger partial charge < -0.3 is 0 Å². The number of nitrogens with zero attached hydrogens (tertiary/aromatic N) is 2. The van der Waals surface area contributed by atoms with Crippen LogP contribution in [0.2, 0.25) is 0 Å². The predicted molar refractivity (Wildman–Crippen MR) is 85.4 cm³/mol. The van der Waals surface area contributed by atoms with E-state index < -0.39 is 4.87 Å². The first-order valence-corrected chi connectivity index (χ1v) is 7.76. The monoisotopic (exact) mass is 312 g/mol. The minimum Gasteiger partial charge on any atom is -0.281 e. The van der Waals surface area contributed by atoms with Crippen molar-refractivity contribution in [1.29, 1.82) is 0 Å². The van der Waals surface area contributed by atoms with E-state index in [4.69, 9.17) is 11.6 Å². The van der Waals surface area contributed by atoms with E-state index in [1.807, 2.05) is 58.0 Å². The van der Waals surface area contributed by atoms with Crippen molar-refractivity contribution < 1.29 is 4.79 Å². The van der Waals surface area contributed by atoms with Crippen LogP contribution in [0.15, 0.2) is 45.5 Å². The molecule has 5 heteroatoms. The van der Waals surface area contributed by atoms with Crippen LogP contribution in [0.25, 0.3) is 0 Å². The fourth-order valence-electron chi connectivity index (χ4n) is 1.45. The topological polar surface area (TPSA) is 41.8 Å². The Kier molecular flexibility index (Phi) is 6.21. The quantitative estimate of drug-likeness (QED) is 0.407. The third-order valence-electron chi connectivity index (χ3n) is 2.43. The molecule has 0 heterocycles. The summed E-state index contributed by atoms with van der Waals surface area (Å²) < 4.78 is 0. The van der Waals surface area contributed by atoms with E-state index in [2.05, 4.69) is 10.2 Å². The third kappa shape index (κ3) is 7.06. The van der Waals surface area contributed by atoms with E-state index in [0.29, 0.717) is 12.8 Å². The highest BCUT2D eigenvalue weighted by Gasteiger charge is 2.27. The van der Waals surface area contributed by atoms with Crippen LogP contribution in [0.5, 0.6) is 0 Å². The molecule has 1 rings (SSSR count). The van der Waals surface area contributed by atoms with Crippen LogP contribution in [-0.2, 0) is 4.79 Å². The molecular weight excluding hydrogens is 292 g/mol. The van der Waals surface area contributed by atoms with E-state index in [0.717, 1.165) is 4.90 Å². The molecule has 3 nitrogen and oxygen atoms in total. The van der Waals surface area contributed by atoms with Crippen LogP contribution in [0.1, 0.15) is 40.5 Å². The highest BCUT2D eigenvalue weighted by molar-refractivity contribution is 8.00. The second kappa shape index (κ2) is 7.23. The smallest absolute Gasteiger partial charge is 0.221 e. The SMILES string of the molecule is CC(C)(C)N=NC(C)(CCC(=O)Cl)Sc1ccccc1. The molecule has 0 aliphatic rings. The molecule has 0 aliphatic carbocycles. The average molecular weight is 313 g/mol. The Morgan fingerprint density at radius 2 is 1.75 bits per heavy atom. The van der Waals surface area contributed by atoms with Gasteiger partial charge in [0.2, 0.25) is 5.24 Å². The van der Waals surface area contributed by atoms with Gasteiger partial charge in [-0.3, -0.25) is 4.79 Å². The van der Waals surface area contributed by atoms with E-state index in [-0.39, 0.29) is 10.8 Å². The Morgan fingerprint density at radius 1 is 1.15 bits per heavy atom. The summed E-state index contributed by atoms with van der Waals surface area (Å²) in [7, 11) is 0. The molecule has 20 heavy (non-hydrogen) atoms. The van der Waals surface area contributed by atoms with Crippen molar-refractivity contribution in [2.24, 2.45) is 10.2 Å². The fourth-order valence-corrected chi connectivity index (χ4v) is 2.63. The standard InChI is InChI=1S/C15H21ClN2OS/c1-14(2,3)17-18-15(4,11-10-13(16)19)20-12-8-6-5-7-9-12/h5-9H,10-11H2,1-4H3. The second-order valence-corrected chi connectivity index (χ2v) is 7.79. The van der Waals surface area contributed by atoms with Gasteiger partial charge in [0.25, 0.3) is 0 Å². The first kappa shape index (κ1) is 17.2. The van der Waals surface area contributed by atoms with Gasteiger partial charge in [-0.15, -0.1) is 0 Å². The highest BCUT2D eigenvalue weighted by atomic mass is 35.5. The van der Waals surface area contributed by atoms with Crippen molar-refractivity contribution in [3.63, 3.8) is 0 Å². The molecule has 0 spiro atoms. The van der Waals surface area contributed by atoms with Gasteiger partial charge in [-0.2, -0.15) is 10.2 Å². The summed E-state index contributed by atoms with van der Waals surface area (Å²) >= 11 is 7.06. The molecule has 1 aromatic rings. The predicted octanol–water partition coefficient (Wildman–Crippen LogP) is 5.29. The van der Waals surface area contributed by atoms with Crippen molar-refractivity contribution in [2.45, 2.75) is 55.8 Å². The van der Waals surface area contributed by atoms with E-state index in [1.165, 1.54) is 0 Å². The Morgan fingerprint density at radius 3 is 2.25 bits per heavy atom. The number of rotatable bonds is 6. The van der Waals surface area contributed by atoms with Gasteiger partial charge in [-0.25, -0.2) is 0 Å². The van der Waals surface area contributed by atoms with Gasteiger partial charge in [0.15, 0.2) is 0 Å². The minimum absolute atomic E-state index is 0.233. The number of azo groups is 1. The van der Waals surface area contributed by atoms with Gasteiger partial charge >= 0.3 is 0 Å². The number of hydrogen-bond donors (Lipinski definition) is 0. The molecule has 110 valence electrons. The Balaban J connectivity index is 2.88. The molecule has 0 fully saturated rings. The lowest BCUT2D eigenvalue weighted by Crippen LogP contribution is -2.19. The van der Waals surface area contributed by atoms with Crippen molar-refractivity contribution in [3.8, 4) is 0 Å². The normalized spacial score (nSPS) is 15.2. The van der Waals surface area contributed by atoms with Crippen LogP contribution in [0, 0.1) is 0 Å². The summed E-state index contributed by atoms with van der Waals surface area (Å²) in [4.78, 5) is 11.6. The first-order valence-electron chi connectivity index (χ1n) is 6.57. The molecule has 0 bridgehead atoms. The molecule has 1 atom stereocenters. The molecular formula is C15H21ClN2OS. The zero-order valence-electron chi connectivity index (χ0n) is 12.4. The first-order chi connectivity index (χ1) is 9.20. The highest BCUT2D eigenvalue weighted by Crippen LogP contribution is 2.38. The molecule has 0 saturated heterocycles. The van der Waals surface area contributed by atoms with Crippen LogP contribution in [0.4, 0.5) is 0 Å². The Labute approximate surface area is 130 Å². The Hall–Kier alpha value is -0.870. The third-order valence-corrected chi connectivity index (χ3v) is 3.85. The van der Waals surface area contributed by atoms with Crippen LogP contribution in [-0.4, -0.2) is 15.7 Å². The summed E-state index contributed by atoms with van der Waals surface area (Å²) in [6, 6.07) is 9.99. The molecule has 1 aromatic carbocycles. The minimum atomic E-state index is -0.487. The number of benzene rings is 1. The number of carbonyl (C=O) groups excluding carboxylic acids is 1. The molecule has 0 aromatic heterocycles. The lowest BCUT2D eigenvalue weighted by Gasteiger charge is -2.24. The van der Waals surface area contributed by atoms with E-state index >= 15 is 0 Å². The van der Waals surface area contributed by atoms with Crippen molar-refractivity contribution >= 4 is 28.6 Å². The molecule has 0 amide bonds. The second-order valence-electron chi connectivity index (χ2n) is 5.82. The summed E-state index contributed by atoms with van der Waals surface area (Å²) in [5.41, 5.74) is -0.233. The van der Waals surface area contributed by atoms with Crippen LogP contribution >= 0.6 is 23.4 Å². The largest absolute Gasteiger partial charge is 0.281 e. The summed E-state index contributed by atoms with van der Waals surface area (Å²) in [5.74, 6) is 0. The number of halogens is 1. The van der Waals surface area contributed by atoms with Crippen LogP contribution in [0.3, 0.4) is 0 Å². The maximum Gasteiger partial charge on any atom is 0.221 e. The number of hydrogen-bond acceptors (Lipinski definition) is 4. The zero-order chi connectivity index (χ0) is 15.2. The summed E-state index contributed by atoms with van der Waals surface area (Å²) in [5, 5.41) is 8.49. The summed E-state index contributed by atoms with van der Waals surface area (Å²) in [6.45, 7) is 7.98. The lowest BCUT2D eigenvalue weighted by atomic mass is 10.1.